The standard InChI is InChI=1S/2C3H7.2C2H5O.Ti/c2*1-3-2;2*1-2-3;/h2*3H,1-2H3;2*2H2,1H3;/q;;2*-1;+2. The summed E-state index contributed by atoms with van der Waals surface area (Å²) in [6.45, 7) is 14.6. The summed E-state index contributed by atoms with van der Waals surface area (Å²) < 4.78 is 13.1. The van der Waals surface area contributed by atoms with Crippen LogP contribution in [0.2, 0.25) is 8.45 Å². The van der Waals surface area contributed by atoms with Crippen molar-refractivity contribution in [2.45, 2.75) is 50.0 Å². The Labute approximate surface area is 87.3 Å². The molecule has 0 saturated heterocycles. The summed E-state index contributed by atoms with van der Waals surface area (Å²) in [5, 5.41) is 0. The Balaban J connectivity index is 4.59. The first-order valence-electron chi connectivity index (χ1n) is 5.29. The predicted octanol–water partition coefficient (Wildman–Crippen LogP) is 3.70. The summed E-state index contributed by atoms with van der Waals surface area (Å²) in [5.41, 5.74) is 0. The van der Waals surface area contributed by atoms with Crippen molar-refractivity contribution >= 4 is 0 Å². The van der Waals surface area contributed by atoms with Crippen molar-refractivity contribution in [1.82, 2.24) is 0 Å². The molecule has 0 saturated carbocycles. The van der Waals surface area contributed by atoms with Crippen LogP contribution in [-0.4, -0.2) is 13.2 Å². The van der Waals surface area contributed by atoms with E-state index in [0.717, 1.165) is 13.2 Å². The van der Waals surface area contributed by atoms with E-state index in [1.807, 2.05) is 0 Å². The molecular weight excluding hydrogens is 200 g/mol. The zero-order valence-electron chi connectivity index (χ0n) is 9.89. The van der Waals surface area contributed by atoms with Gasteiger partial charge in [0.25, 0.3) is 0 Å². The van der Waals surface area contributed by atoms with Gasteiger partial charge in [-0.15, -0.1) is 0 Å². The molecule has 0 bridgehead atoms. The van der Waals surface area contributed by atoms with E-state index in [2.05, 4.69) is 41.5 Å². The van der Waals surface area contributed by atoms with Crippen molar-refractivity contribution in [2.75, 3.05) is 13.2 Å². The Bertz CT molecular complexity index is 119. The number of rotatable bonds is 6. The van der Waals surface area contributed by atoms with Gasteiger partial charge >= 0.3 is 87.2 Å². The Morgan fingerprint density at radius 1 is 0.846 bits per heavy atom. The van der Waals surface area contributed by atoms with Gasteiger partial charge in [0.2, 0.25) is 0 Å². The zero-order valence-corrected chi connectivity index (χ0v) is 11.4. The van der Waals surface area contributed by atoms with Crippen LogP contribution in [-0.2, 0) is 24.0 Å². The van der Waals surface area contributed by atoms with Crippen molar-refractivity contribution in [3.63, 3.8) is 0 Å². The Hall–Kier alpha value is 0.634. The van der Waals surface area contributed by atoms with Crippen LogP contribution in [0.1, 0.15) is 41.5 Å². The monoisotopic (exact) mass is 224 g/mol. The molecule has 0 spiro atoms. The molecule has 0 aliphatic rings. The molecule has 0 aliphatic heterocycles. The van der Waals surface area contributed by atoms with Gasteiger partial charge in [-0.1, -0.05) is 0 Å². The van der Waals surface area contributed by atoms with Gasteiger partial charge in [-0.25, -0.2) is 0 Å². The Morgan fingerprint density at radius 3 is 1.31 bits per heavy atom. The molecular formula is C10H24O2Ti. The van der Waals surface area contributed by atoms with Gasteiger partial charge in [-0.05, 0) is 0 Å². The molecule has 0 rings (SSSR count). The van der Waals surface area contributed by atoms with Crippen molar-refractivity contribution < 1.29 is 24.0 Å². The first-order chi connectivity index (χ1) is 6.01. The van der Waals surface area contributed by atoms with Crippen LogP contribution in [0.25, 0.3) is 0 Å². The molecule has 80 valence electrons. The second-order valence-electron chi connectivity index (χ2n) is 3.90. The van der Waals surface area contributed by atoms with Crippen LogP contribution in [0.15, 0.2) is 0 Å². The van der Waals surface area contributed by atoms with Crippen LogP contribution >= 0.6 is 0 Å². The van der Waals surface area contributed by atoms with Crippen LogP contribution in [0.5, 0.6) is 0 Å². The van der Waals surface area contributed by atoms with E-state index < -0.39 is 17.4 Å². The summed E-state index contributed by atoms with van der Waals surface area (Å²) >= 11 is -2.49. The second-order valence-corrected chi connectivity index (χ2v) is 10.7. The average Bonchev–Trinajstić information content (AvgIpc) is 2.03. The fourth-order valence-electron chi connectivity index (χ4n) is 1.83. The summed E-state index contributed by atoms with van der Waals surface area (Å²) in [4.78, 5) is 0. The van der Waals surface area contributed by atoms with Gasteiger partial charge in [0.1, 0.15) is 0 Å². The third-order valence-corrected chi connectivity index (χ3v) is 9.69. The van der Waals surface area contributed by atoms with Gasteiger partial charge in [-0.2, -0.15) is 0 Å². The first kappa shape index (κ1) is 13.6. The molecule has 0 N–H and O–H groups in total. The quantitative estimate of drug-likeness (QED) is 0.640. The van der Waals surface area contributed by atoms with E-state index in [1.165, 1.54) is 0 Å². The third-order valence-electron chi connectivity index (χ3n) is 2.35. The predicted molar refractivity (Wildman–Crippen MR) is 53.4 cm³/mol. The average molecular weight is 224 g/mol. The minimum absolute atomic E-state index is 0.569. The number of hydrogen-bond acceptors (Lipinski definition) is 2. The van der Waals surface area contributed by atoms with Crippen LogP contribution in [0, 0.1) is 0 Å². The van der Waals surface area contributed by atoms with E-state index >= 15 is 0 Å². The molecule has 0 aromatic carbocycles. The van der Waals surface area contributed by atoms with Crippen molar-refractivity contribution in [3.8, 4) is 0 Å². The van der Waals surface area contributed by atoms with E-state index in [9.17, 15) is 0 Å². The van der Waals surface area contributed by atoms with Crippen molar-refractivity contribution in [2.24, 2.45) is 0 Å². The van der Waals surface area contributed by atoms with Crippen LogP contribution < -0.4 is 0 Å². The molecule has 0 radical (unpaired) electrons. The van der Waals surface area contributed by atoms with Crippen molar-refractivity contribution in [1.29, 1.82) is 0 Å². The molecule has 0 atom stereocenters. The molecule has 0 fully saturated rings. The summed E-state index contributed by atoms with van der Waals surface area (Å²) in [6, 6.07) is 0. The van der Waals surface area contributed by atoms with E-state index in [-0.39, 0.29) is 0 Å². The van der Waals surface area contributed by atoms with E-state index in [4.69, 9.17) is 6.64 Å². The molecule has 0 amide bonds. The Morgan fingerprint density at radius 2 is 1.15 bits per heavy atom. The minimum atomic E-state index is -2.49. The number of hydrogen-bond donors (Lipinski definition) is 0. The fourth-order valence-corrected chi connectivity index (χ4v) is 7.53. The van der Waals surface area contributed by atoms with Crippen LogP contribution in [0.4, 0.5) is 0 Å². The van der Waals surface area contributed by atoms with E-state index in [1.54, 1.807) is 0 Å². The summed E-state index contributed by atoms with van der Waals surface area (Å²) in [7, 11) is 0. The van der Waals surface area contributed by atoms with Gasteiger partial charge in [0.15, 0.2) is 0 Å². The molecule has 0 aromatic rings. The zero-order chi connectivity index (χ0) is 10.5. The SMILES string of the molecule is CC[O][Ti]([O]CC)([CH](C)C)[CH](C)C. The molecule has 2 nitrogen and oxygen atoms in total. The maximum absolute atomic E-state index is 5.96. The van der Waals surface area contributed by atoms with Gasteiger partial charge in [-0.3, -0.25) is 0 Å². The second kappa shape index (κ2) is 6.18. The van der Waals surface area contributed by atoms with Gasteiger partial charge in [0.05, 0.1) is 0 Å². The normalized spacial score (nSPS) is 12.9. The van der Waals surface area contributed by atoms with Gasteiger partial charge < -0.3 is 0 Å². The molecule has 13 heavy (non-hydrogen) atoms. The molecule has 0 aromatic heterocycles. The molecule has 0 heterocycles. The topological polar surface area (TPSA) is 18.5 Å². The van der Waals surface area contributed by atoms with Crippen molar-refractivity contribution in [3.05, 3.63) is 0 Å². The molecule has 0 unspecified atom stereocenters. The van der Waals surface area contributed by atoms with Crippen LogP contribution in [0.3, 0.4) is 0 Å². The maximum atomic E-state index is 5.96. The Kier molecular flexibility index (Phi) is 6.48. The third kappa shape index (κ3) is 3.36. The van der Waals surface area contributed by atoms with Gasteiger partial charge in [0, 0.05) is 0 Å². The molecule has 3 heteroatoms. The van der Waals surface area contributed by atoms with E-state index in [0.29, 0.717) is 8.45 Å². The summed E-state index contributed by atoms with van der Waals surface area (Å²) in [5.74, 6) is 0. The summed E-state index contributed by atoms with van der Waals surface area (Å²) in [6.07, 6.45) is 0. The fraction of sp³-hybridized carbons (Fsp3) is 1.00. The molecule has 0 aliphatic carbocycles. The first-order valence-corrected chi connectivity index (χ1v) is 8.36.